The fraction of sp³-hybridized carbons (Fsp3) is 0.200. The molecule has 4 rings (SSSR count). The van der Waals surface area contributed by atoms with E-state index in [9.17, 15) is 14.0 Å². The van der Waals surface area contributed by atoms with Gasteiger partial charge in [-0.15, -0.1) is 0 Å². The van der Waals surface area contributed by atoms with E-state index in [1.807, 2.05) is 43.3 Å². The first kappa shape index (κ1) is 19.8. The van der Waals surface area contributed by atoms with Gasteiger partial charge >= 0.3 is 0 Å². The van der Waals surface area contributed by atoms with Crippen LogP contribution in [0.1, 0.15) is 38.7 Å². The number of nitrogens with zero attached hydrogens (tertiary/aromatic N) is 1. The molecule has 1 heterocycles. The zero-order valence-electron chi connectivity index (χ0n) is 16.8. The van der Waals surface area contributed by atoms with Gasteiger partial charge in [-0.2, -0.15) is 0 Å². The molecule has 0 spiro atoms. The molecule has 0 fully saturated rings. The summed E-state index contributed by atoms with van der Waals surface area (Å²) in [6.07, 6.45) is 0.704. The molecule has 30 heavy (non-hydrogen) atoms. The van der Waals surface area contributed by atoms with Crippen LogP contribution in [0, 0.1) is 12.7 Å². The molecule has 0 unspecified atom stereocenters. The smallest absolute Gasteiger partial charge is 0.254 e. The Bertz CT molecular complexity index is 1060. The van der Waals surface area contributed by atoms with Gasteiger partial charge in [0.2, 0.25) is 5.91 Å². The van der Waals surface area contributed by atoms with Gasteiger partial charge in [-0.1, -0.05) is 54.1 Å². The van der Waals surface area contributed by atoms with Gasteiger partial charge in [0.25, 0.3) is 5.91 Å². The number of halogens is 1. The number of carbonyl (C=O) groups is 2. The first-order valence-electron chi connectivity index (χ1n) is 10.0. The standard InChI is InChI=1S/C25H23FN2O2/c1-17-6-10-20(11-7-17)25(30)28-15-14-19-4-2-3-5-22(19)23(28)24(29)27-16-18-8-12-21(26)13-9-18/h2-13,23H,14-16H2,1H3,(H,27,29)/t23-/m1/s1. The van der Waals surface area contributed by atoms with Crippen molar-refractivity contribution < 1.29 is 14.0 Å². The topological polar surface area (TPSA) is 49.4 Å². The highest BCUT2D eigenvalue weighted by atomic mass is 19.1. The average molecular weight is 402 g/mol. The Hall–Kier alpha value is -3.47. The van der Waals surface area contributed by atoms with Crippen LogP contribution in [-0.4, -0.2) is 23.3 Å². The third kappa shape index (κ3) is 4.10. The second kappa shape index (κ2) is 8.49. The van der Waals surface area contributed by atoms with Gasteiger partial charge in [0.15, 0.2) is 0 Å². The monoisotopic (exact) mass is 402 g/mol. The van der Waals surface area contributed by atoms with Crippen LogP contribution in [0.5, 0.6) is 0 Å². The summed E-state index contributed by atoms with van der Waals surface area (Å²) in [6.45, 7) is 2.71. The van der Waals surface area contributed by atoms with Crippen molar-refractivity contribution in [1.82, 2.24) is 10.2 Å². The number of carbonyl (C=O) groups excluding carboxylic acids is 2. The van der Waals surface area contributed by atoms with Crippen molar-refractivity contribution in [2.75, 3.05) is 6.54 Å². The van der Waals surface area contributed by atoms with Gasteiger partial charge < -0.3 is 10.2 Å². The molecule has 0 radical (unpaired) electrons. The lowest BCUT2D eigenvalue weighted by Gasteiger charge is -2.36. The lowest BCUT2D eigenvalue weighted by molar-refractivity contribution is -0.126. The SMILES string of the molecule is Cc1ccc(C(=O)N2CCc3ccccc3[C@@H]2C(=O)NCc2ccc(F)cc2)cc1. The van der Waals surface area contributed by atoms with E-state index in [-0.39, 0.29) is 24.2 Å². The molecule has 1 aliphatic heterocycles. The van der Waals surface area contributed by atoms with E-state index in [1.54, 1.807) is 29.2 Å². The van der Waals surface area contributed by atoms with Crippen LogP contribution < -0.4 is 5.32 Å². The van der Waals surface area contributed by atoms with Crippen molar-refractivity contribution in [3.05, 3.63) is 106 Å². The number of hydrogen-bond acceptors (Lipinski definition) is 2. The van der Waals surface area contributed by atoms with E-state index in [0.717, 1.165) is 22.3 Å². The zero-order chi connectivity index (χ0) is 21.1. The van der Waals surface area contributed by atoms with Crippen LogP contribution in [0.25, 0.3) is 0 Å². The molecule has 1 aliphatic rings. The maximum absolute atomic E-state index is 13.3. The van der Waals surface area contributed by atoms with E-state index in [4.69, 9.17) is 0 Å². The molecule has 4 nitrogen and oxygen atoms in total. The minimum Gasteiger partial charge on any atom is -0.350 e. The normalized spacial score (nSPS) is 15.4. The number of hydrogen-bond donors (Lipinski definition) is 1. The van der Waals surface area contributed by atoms with E-state index in [1.165, 1.54) is 12.1 Å². The third-order valence-electron chi connectivity index (χ3n) is 5.47. The van der Waals surface area contributed by atoms with Gasteiger partial charge in [0.1, 0.15) is 11.9 Å². The highest BCUT2D eigenvalue weighted by Gasteiger charge is 2.36. The molecule has 3 aromatic carbocycles. The van der Waals surface area contributed by atoms with Crippen LogP contribution >= 0.6 is 0 Å². The predicted molar refractivity (Wildman–Crippen MR) is 113 cm³/mol. The van der Waals surface area contributed by atoms with Gasteiger partial charge in [0.05, 0.1) is 0 Å². The predicted octanol–water partition coefficient (Wildman–Crippen LogP) is 4.19. The van der Waals surface area contributed by atoms with Crippen molar-refractivity contribution in [3.8, 4) is 0 Å². The van der Waals surface area contributed by atoms with Gasteiger partial charge in [-0.05, 0) is 54.3 Å². The van der Waals surface area contributed by atoms with Crippen LogP contribution in [0.3, 0.4) is 0 Å². The molecule has 0 bridgehead atoms. The summed E-state index contributed by atoms with van der Waals surface area (Å²) >= 11 is 0. The summed E-state index contributed by atoms with van der Waals surface area (Å²) in [5.74, 6) is -0.723. The van der Waals surface area contributed by atoms with Crippen molar-refractivity contribution in [2.24, 2.45) is 0 Å². The van der Waals surface area contributed by atoms with Crippen molar-refractivity contribution >= 4 is 11.8 Å². The van der Waals surface area contributed by atoms with Gasteiger partial charge in [-0.3, -0.25) is 9.59 Å². The molecule has 0 saturated carbocycles. The molecule has 1 atom stereocenters. The van der Waals surface area contributed by atoms with E-state index in [2.05, 4.69) is 5.32 Å². The summed E-state index contributed by atoms with van der Waals surface area (Å²) in [5, 5.41) is 2.92. The number of aryl methyl sites for hydroxylation is 1. The zero-order valence-corrected chi connectivity index (χ0v) is 16.8. The minimum absolute atomic E-state index is 0.161. The van der Waals surface area contributed by atoms with Gasteiger partial charge in [-0.25, -0.2) is 4.39 Å². The van der Waals surface area contributed by atoms with Crippen LogP contribution in [-0.2, 0) is 17.8 Å². The Morgan fingerprint density at radius 3 is 2.43 bits per heavy atom. The summed E-state index contributed by atoms with van der Waals surface area (Å²) < 4.78 is 13.1. The van der Waals surface area contributed by atoms with Crippen LogP contribution in [0.4, 0.5) is 4.39 Å². The van der Waals surface area contributed by atoms with Crippen LogP contribution in [0.2, 0.25) is 0 Å². The molecular formula is C25H23FN2O2. The lowest BCUT2D eigenvalue weighted by Crippen LogP contribution is -2.47. The number of nitrogens with one attached hydrogen (secondary N) is 1. The Morgan fingerprint density at radius 2 is 1.70 bits per heavy atom. The van der Waals surface area contributed by atoms with E-state index in [0.29, 0.717) is 18.5 Å². The van der Waals surface area contributed by atoms with E-state index >= 15 is 0 Å². The highest BCUT2D eigenvalue weighted by molar-refractivity contribution is 5.98. The van der Waals surface area contributed by atoms with Gasteiger partial charge in [0, 0.05) is 18.7 Å². The molecule has 3 aromatic rings. The van der Waals surface area contributed by atoms with Crippen molar-refractivity contribution in [3.63, 3.8) is 0 Å². The third-order valence-corrected chi connectivity index (χ3v) is 5.47. The molecule has 152 valence electrons. The Labute approximate surface area is 175 Å². The number of benzene rings is 3. The molecule has 1 N–H and O–H groups in total. The average Bonchev–Trinajstić information content (AvgIpc) is 2.77. The highest BCUT2D eigenvalue weighted by Crippen LogP contribution is 2.31. The maximum Gasteiger partial charge on any atom is 0.254 e. The summed E-state index contributed by atoms with van der Waals surface area (Å²) in [6, 6.07) is 20.4. The summed E-state index contributed by atoms with van der Waals surface area (Å²) in [4.78, 5) is 28.1. The van der Waals surface area contributed by atoms with Crippen molar-refractivity contribution in [2.45, 2.75) is 25.9 Å². The Balaban J connectivity index is 1.60. The largest absolute Gasteiger partial charge is 0.350 e. The maximum atomic E-state index is 13.3. The fourth-order valence-corrected chi connectivity index (χ4v) is 3.82. The Morgan fingerprint density at radius 1 is 1.00 bits per heavy atom. The van der Waals surface area contributed by atoms with Crippen molar-refractivity contribution in [1.29, 1.82) is 0 Å². The molecule has 2 amide bonds. The van der Waals surface area contributed by atoms with Crippen LogP contribution in [0.15, 0.2) is 72.8 Å². The Kier molecular flexibility index (Phi) is 5.61. The second-order valence-corrected chi connectivity index (χ2v) is 7.56. The summed E-state index contributed by atoms with van der Waals surface area (Å²) in [5.41, 5.74) is 4.36. The minimum atomic E-state index is -0.704. The quantitative estimate of drug-likeness (QED) is 0.711. The fourth-order valence-electron chi connectivity index (χ4n) is 3.82. The molecule has 0 saturated heterocycles. The summed E-state index contributed by atoms with van der Waals surface area (Å²) in [7, 11) is 0. The number of fused-ring (bicyclic) bond motifs is 1. The molecule has 0 aliphatic carbocycles. The van der Waals surface area contributed by atoms with E-state index < -0.39 is 6.04 Å². The lowest BCUT2D eigenvalue weighted by atomic mass is 9.91. The molecule has 5 heteroatoms. The number of rotatable bonds is 4. The number of amides is 2. The molecule has 0 aromatic heterocycles. The second-order valence-electron chi connectivity index (χ2n) is 7.56. The first-order valence-corrected chi connectivity index (χ1v) is 10.0. The first-order chi connectivity index (χ1) is 14.5. The molecular weight excluding hydrogens is 379 g/mol.